The zero-order valence-electron chi connectivity index (χ0n) is 11.2. The summed E-state index contributed by atoms with van der Waals surface area (Å²) in [4.78, 5) is 30.5. The zero-order chi connectivity index (χ0) is 14.5. The van der Waals surface area contributed by atoms with Gasteiger partial charge in [-0.15, -0.1) is 0 Å². The highest BCUT2D eigenvalue weighted by molar-refractivity contribution is 5.94. The Kier molecular flexibility index (Phi) is 4.62. The number of ether oxygens (including phenoxy) is 1. The number of aromatic nitrogens is 1. The minimum atomic E-state index is -0.676. The van der Waals surface area contributed by atoms with Crippen molar-refractivity contribution in [3.8, 4) is 0 Å². The summed E-state index contributed by atoms with van der Waals surface area (Å²) in [5, 5.41) is 0. The molecule has 1 aromatic heterocycles. The average molecular weight is 281 g/mol. The molecule has 0 bridgehead atoms. The first-order chi connectivity index (χ1) is 9.61. The largest absolute Gasteiger partial charge is 0.375 e. The first-order valence-corrected chi connectivity index (χ1v) is 6.29. The van der Waals surface area contributed by atoms with Crippen molar-refractivity contribution in [2.45, 2.75) is 0 Å². The molecule has 108 valence electrons. The Bertz CT molecular complexity index is 501. The Morgan fingerprint density at radius 2 is 1.95 bits per heavy atom. The Morgan fingerprint density at radius 3 is 2.55 bits per heavy atom. The molecule has 0 unspecified atom stereocenters. The summed E-state index contributed by atoms with van der Waals surface area (Å²) in [5.74, 6) is -1.01. The number of hydrogen-bond donors (Lipinski definition) is 0. The topological polar surface area (TPSA) is 62.7 Å². The highest BCUT2D eigenvalue weighted by Gasteiger charge is 2.24. The van der Waals surface area contributed by atoms with Crippen molar-refractivity contribution >= 4 is 11.8 Å². The van der Waals surface area contributed by atoms with Crippen molar-refractivity contribution in [3.63, 3.8) is 0 Å². The Balaban J connectivity index is 1.93. The molecule has 7 heteroatoms. The lowest BCUT2D eigenvalue weighted by atomic mass is 10.2. The molecule has 1 fully saturated rings. The van der Waals surface area contributed by atoms with Crippen LogP contribution in [0.1, 0.15) is 10.4 Å². The fourth-order valence-corrected chi connectivity index (χ4v) is 2.09. The Morgan fingerprint density at radius 1 is 1.30 bits per heavy atom. The number of halogens is 1. The van der Waals surface area contributed by atoms with Crippen molar-refractivity contribution in [2.75, 3.05) is 39.9 Å². The molecule has 0 radical (unpaired) electrons. The Hall–Kier alpha value is -2.02. The molecule has 0 saturated carbocycles. The molecular weight excluding hydrogens is 265 g/mol. The third kappa shape index (κ3) is 3.30. The van der Waals surface area contributed by atoms with Crippen LogP contribution in [-0.4, -0.2) is 66.5 Å². The van der Waals surface area contributed by atoms with Crippen LogP contribution in [0.4, 0.5) is 4.39 Å². The molecule has 1 aromatic rings. The molecule has 0 aliphatic carbocycles. The van der Waals surface area contributed by atoms with Crippen LogP contribution < -0.4 is 0 Å². The van der Waals surface area contributed by atoms with E-state index in [4.69, 9.17) is 4.74 Å². The molecular formula is C13H16FN3O3. The van der Waals surface area contributed by atoms with Crippen molar-refractivity contribution in [3.05, 3.63) is 29.8 Å². The fraction of sp³-hybridized carbons (Fsp3) is 0.462. The van der Waals surface area contributed by atoms with Crippen LogP contribution in [0.3, 0.4) is 0 Å². The molecule has 20 heavy (non-hydrogen) atoms. The van der Waals surface area contributed by atoms with Crippen LogP contribution in [0.25, 0.3) is 0 Å². The van der Waals surface area contributed by atoms with Gasteiger partial charge in [0.05, 0.1) is 0 Å². The van der Waals surface area contributed by atoms with E-state index in [1.807, 2.05) is 0 Å². The maximum Gasteiger partial charge on any atom is 0.254 e. The number of hydrogen-bond acceptors (Lipinski definition) is 4. The van der Waals surface area contributed by atoms with Gasteiger partial charge in [0.25, 0.3) is 5.91 Å². The van der Waals surface area contributed by atoms with E-state index in [1.54, 1.807) is 9.80 Å². The molecule has 2 rings (SSSR count). The summed E-state index contributed by atoms with van der Waals surface area (Å²) in [5.41, 5.74) is 0.272. The van der Waals surface area contributed by atoms with E-state index < -0.39 is 5.95 Å². The summed E-state index contributed by atoms with van der Waals surface area (Å²) >= 11 is 0. The van der Waals surface area contributed by atoms with Gasteiger partial charge in [-0.2, -0.15) is 4.39 Å². The predicted octanol–water partition coefficient (Wildman–Crippen LogP) is 0.151. The monoisotopic (exact) mass is 281 g/mol. The zero-order valence-corrected chi connectivity index (χ0v) is 11.2. The van der Waals surface area contributed by atoms with E-state index in [1.165, 1.54) is 19.4 Å². The van der Waals surface area contributed by atoms with Crippen molar-refractivity contribution in [1.82, 2.24) is 14.8 Å². The van der Waals surface area contributed by atoms with E-state index in [-0.39, 0.29) is 24.0 Å². The quantitative estimate of drug-likeness (QED) is 0.740. The van der Waals surface area contributed by atoms with Gasteiger partial charge < -0.3 is 14.5 Å². The van der Waals surface area contributed by atoms with Gasteiger partial charge in [-0.25, -0.2) is 4.98 Å². The van der Waals surface area contributed by atoms with Crippen LogP contribution in [0.5, 0.6) is 0 Å². The molecule has 0 aromatic carbocycles. The van der Waals surface area contributed by atoms with Crippen LogP contribution in [0.2, 0.25) is 0 Å². The van der Waals surface area contributed by atoms with E-state index in [0.29, 0.717) is 26.2 Å². The third-order valence-electron chi connectivity index (χ3n) is 3.16. The average Bonchev–Trinajstić information content (AvgIpc) is 2.47. The summed E-state index contributed by atoms with van der Waals surface area (Å²) < 4.78 is 17.8. The standard InChI is InChI=1S/C13H16FN3O3/c1-20-9-12(18)16-4-6-17(7-5-16)13(19)10-2-3-15-11(14)8-10/h2-3,8H,4-7,9H2,1H3. The van der Waals surface area contributed by atoms with Crippen molar-refractivity contribution < 1.29 is 18.7 Å². The number of nitrogens with zero attached hydrogens (tertiary/aromatic N) is 3. The lowest BCUT2D eigenvalue weighted by Crippen LogP contribution is -2.51. The van der Waals surface area contributed by atoms with E-state index in [9.17, 15) is 14.0 Å². The maximum absolute atomic E-state index is 13.0. The molecule has 6 nitrogen and oxygen atoms in total. The van der Waals surface area contributed by atoms with E-state index in [0.717, 1.165) is 6.07 Å². The fourth-order valence-electron chi connectivity index (χ4n) is 2.09. The van der Waals surface area contributed by atoms with Crippen LogP contribution >= 0.6 is 0 Å². The number of piperazine rings is 1. The first kappa shape index (κ1) is 14.4. The summed E-state index contributed by atoms with van der Waals surface area (Å²) in [6, 6.07) is 2.60. The number of rotatable bonds is 3. The molecule has 2 amide bonds. The second kappa shape index (κ2) is 6.42. The number of pyridine rings is 1. The van der Waals surface area contributed by atoms with Gasteiger partial charge in [-0.3, -0.25) is 9.59 Å². The van der Waals surface area contributed by atoms with Gasteiger partial charge in [-0.05, 0) is 6.07 Å². The molecule has 0 N–H and O–H groups in total. The molecule has 0 atom stereocenters. The SMILES string of the molecule is COCC(=O)N1CCN(C(=O)c2ccnc(F)c2)CC1. The summed E-state index contributed by atoms with van der Waals surface area (Å²) in [6.07, 6.45) is 1.26. The Labute approximate surface area is 116 Å². The molecule has 2 heterocycles. The highest BCUT2D eigenvalue weighted by Crippen LogP contribution is 2.09. The maximum atomic E-state index is 13.0. The number of methoxy groups -OCH3 is 1. The third-order valence-corrected chi connectivity index (χ3v) is 3.16. The summed E-state index contributed by atoms with van der Waals surface area (Å²) in [7, 11) is 1.47. The highest BCUT2D eigenvalue weighted by atomic mass is 19.1. The minimum absolute atomic E-state index is 0.0452. The normalized spacial score (nSPS) is 15.3. The van der Waals surface area contributed by atoms with Gasteiger partial charge in [-0.1, -0.05) is 0 Å². The molecule has 1 aliphatic rings. The molecule has 0 spiro atoms. The number of carbonyl (C=O) groups excluding carboxylic acids is 2. The van der Waals surface area contributed by atoms with Crippen molar-refractivity contribution in [1.29, 1.82) is 0 Å². The second-order valence-electron chi connectivity index (χ2n) is 4.47. The first-order valence-electron chi connectivity index (χ1n) is 6.29. The van der Waals surface area contributed by atoms with Gasteiger partial charge >= 0.3 is 0 Å². The minimum Gasteiger partial charge on any atom is -0.375 e. The smallest absolute Gasteiger partial charge is 0.254 e. The lowest BCUT2D eigenvalue weighted by Gasteiger charge is -2.34. The van der Waals surface area contributed by atoms with Crippen molar-refractivity contribution in [2.24, 2.45) is 0 Å². The van der Waals surface area contributed by atoms with E-state index in [2.05, 4.69) is 4.98 Å². The summed E-state index contributed by atoms with van der Waals surface area (Å²) in [6.45, 7) is 1.82. The van der Waals surface area contributed by atoms with Crippen LogP contribution in [0, 0.1) is 5.95 Å². The second-order valence-corrected chi connectivity index (χ2v) is 4.47. The molecule has 1 saturated heterocycles. The van der Waals surface area contributed by atoms with Crippen LogP contribution in [0.15, 0.2) is 18.3 Å². The molecule has 1 aliphatic heterocycles. The van der Waals surface area contributed by atoms with Gasteiger partial charge in [0.1, 0.15) is 6.61 Å². The lowest BCUT2D eigenvalue weighted by molar-refractivity contribution is -0.136. The van der Waals surface area contributed by atoms with Crippen LogP contribution in [-0.2, 0) is 9.53 Å². The van der Waals surface area contributed by atoms with E-state index >= 15 is 0 Å². The number of carbonyl (C=O) groups is 2. The van der Waals surface area contributed by atoms with Gasteiger partial charge in [0.2, 0.25) is 11.9 Å². The van der Waals surface area contributed by atoms with Gasteiger partial charge in [0, 0.05) is 51.1 Å². The van der Waals surface area contributed by atoms with Gasteiger partial charge in [0.15, 0.2) is 0 Å². The predicted molar refractivity (Wildman–Crippen MR) is 68.6 cm³/mol. The number of amides is 2.